The van der Waals surface area contributed by atoms with E-state index in [1.807, 2.05) is 12.1 Å². The van der Waals surface area contributed by atoms with Gasteiger partial charge >= 0.3 is 12.0 Å². The van der Waals surface area contributed by atoms with Gasteiger partial charge in [-0.15, -0.1) is 0 Å². The lowest BCUT2D eigenvalue weighted by molar-refractivity contribution is -0.139. The summed E-state index contributed by atoms with van der Waals surface area (Å²) in [5.41, 5.74) is 0.759. The highest BCUT2D eigenvalue weighted by Crippen LogP contribution is 2.28. The molecule has 8 heteroatoms. The molecule has 1 aliphatic heterocycles. The highest BCUT2D eigenvalue weighted by molar-refractivity contribution is 9.11. The number of rotatable bonds is 5. The molecule has 0 bridgehead atoms. The number of hydrogen-bond donors (Lipinski definition) is 2. The lowest BCUT2D eigenvalue weighted by Crippen LogP contribution is -2.50. The number of benzene rings is 1. The zero-order valence-corrected chi connectivity index (χ0v) is 15.8. The van der Waals surface area contributed by atoms with Gasteiger partial charge in [-0.25, -0.2) is 9.59 Å². The van der Waals surface area contributed by atoms with Gasteiger partial charge in [0, 0.05) is 4.47 Å². The smallest absolute Gasteiger partial charge is 0.338 e. The number of urea groups is 1. The molecule has 0 spiro atoms. The molecule has 0 aromatic heterocycles. The molecule has 0 saturated heterocycles. The fraction of sp³-hybridized carbons (Fsp3) is 0.333. The third-order valence-corrected chi connectivity index (χ3v) is 4.24. The van der Waals surface area contributed by atoms with E-state index in [-0.39, 0.29) is 19.2 Å². The van der Waals surface area contributed by atoms with Crippen LogP contribution in [0, 0.1) is 0 Å². The topological polar surface area (TPSA) is 76.7 Å². The number of carbonyl (C=O) groups is 2. The number of ether oxygens (including phenoxy) is 2. The molecular formula is C15H16Br2N2O4. The molecule has 0 radical (unpaired) electrons. The van der Waals surface area contributed by atoms with E-state index in [2.05, 4.69) is 42.5 Å². The third kappa shape index (κ3) is 4.48. The summed E-state index contributed by atoms with van der Waals surface area (Å²) < 4.78 is 12.4. The van der Waals surface area contributed by atoms with Gasteiger partial charge in [-0.05, 0) is 48.0 Å². The first-order valence-electron chi connectivity index (χ1n) is 6.98. The van der Waals surface area contributed by atoms with Gasteiger partial charge in [0.2, 0.25) is 0 Å². The summed E-state index contributed by atoms with van der Waals surface area (Å²) in [4.78, 5) is 23.8. The molecule has 6 nitrogen and oxygen atoms in total. The SMILES string of the molecule is CCOC(=O)C1=C(COc2ccc(Br)cc2Br)NC(=O)NC1C. The Hall–Kier alpha value is -1.54. The average Bonchev–Trinajstić information content (AvgIpc) is 2.45. The molecule has 2 N–H and O–H groups in total. The van der Waals surface area contributed by atoms with Crippen molar-refractivity contribution < 1.29 is 19.1 Å². The van der Waals surface area contributed by atoms with Crippen LogP contribution in [0.25, 0.3) is 0 Å². The minimum Gasteiger partial charge on any atom is -0.486 e. The molecule has 1 heterocycles. The summed E-state index contributed by atoms with van der Waals surface area (Å²) in [6.45, 7) is 3.76. The summed E-state index contributed by atoms with van der Waals surface area (Å²) >= 11 is 6.77. The van der Waals surface area contributed by atoms with E-state index in [1.165, 1.54) is 0 Å². The molecular weight excluding hydrogens is 432 g/mol. The minimum absolute atomic E-state index is 0.0478. The molecule has 1 unspecified atom stereocenters. The second-order valence-electron chi connectivity index (χ2n) is 4.80. The maximum Gasteiger partial charge on any atom is 0.338 e. The van der Waals surface area contributed by atoms with Crippen LogP contribution in [-0.2, 0) is 9.53 Å². The Labute approximate surface area is 150 Å². The zero-order valence-electron chi connectivity index (χ0n) is 12.6. The lowest BCUT2D eigenvalue weighted by atomic mass is 10.0. The van der Waals surface area contributed by atoms with Crippen LogP contribution in [0.1, 0.15) is 13.8 Å². The molecule has 1 aliphatic rings. The van der Waals surface area contributed by atoms with Crippen molar-refractivity contribution in [1.82, 2.24) is 10.6 Å². The Morgan fingerprint density at radius 3 is 2.74 bits per heavy atom. The van der Waals surface area contributed by atoms with Crippen molar-refractivity contribution in [3.63, 3.8) is 0 Å². The maximum absolute atomic E-state index is 12.1. The van der Waals surface area contributed by atoms with Crippen LogP contribution in [0.3, 0.4) is 0 Å². The first-order valence-corrected chi connectivity index (χ1v) is 8.56. The van der Waals surface area contributed by atoms with Crippen LogP contribution in [0.2, 0.25) is 0 Å². The van der Waals surface area contributed by atoms with Gasteiger partial charge in [-0.2, -0.15) is 0 Å². The van der Waals surface area contributed by atoms with Gasteiger partial charge in [0.25, 0.3) is 0 Å². The summed E-state index contributed by atoms with van der Waals surface area (Å²) in [7, 11) is 0. The third-order valence-electron chi connectivity index (χ3n) is 3.13. The number of halogens is 2. The molecule has 1 atom stereocenters. The van der Waals surface area contributed by atoms with E-state index in [1.54, 1.807) is 19.9 Å². The Balaban J connectivity index is 2.23. The van der Waals surface area contributed by atoms with Crippen LogP contribution in [0.5, 0.6) is 5.75 Å². The fourth-order valence-electron chi connectivity index (χ4n) is 2.14. The second-order valence-corrected chi connectivity index (χ2v) is 6.57. The van der Waals surface area contributed by atoms with Crippen molar-refractivity contribution in [2.45, 2.75) is 19.9 Å². The Bertz CT molecular complexity index is 661. The number of amides is 2. The summed E-state index contributed by atoms with van der Waals surface area (Å²) in [5.74, 6) is 0.130. The quantitative estimate of drug-likeness (QED) is 0.680. The molecule has 23 heavy (non-hydrogen) atoms. The molecule has 0 fully saturated rings. The van der Waals surface area contributed by atoms with Crippen molar-refractivity contribution >= 4 is 43.9 Å². The standard InChI is InChI=1S/C15H16Br2N2O4/c1-3-22-14(20)13-8(2)18-15(21)19-11(13)7-23-12-5-4-9(16)6-10(12)17/h4-6,8H,3,7H2,1-2H3,(H2,18,19,21). The van der Waals surface area contributed by atoms with Gasteiger partial charge in [-0.1, -0.05) is 15.9 Å². The van der Waals surface area contributed by atoms with E-state index >= 15 is 0 Å². The molecule has 1 aromatic rings. The van der Waals surface area contributed by atoms with E-state index in [4.69, 9.17) is 9.47 Å². The van der Waals surface area contributed by atoms with Crippen molar-refractivity contribution in [3.05, 3.63) is 38.4 Å². The van der Waals surface area contributed by atoms with E-state index in [0.29, 0.717) is 17.0 Å². The Morgan fingerprint density at radius 1 is 1.35 bits per heavy atom. The highest BCUT2D eigenvalue weighted by Gasteiger charge is 2.30. The van der Waals surface area contributed by atoms with Crippen LogP contribution < -0.4 is 15.4 Å². The number of esters is 1. The van der Waals surface area contributed by atoms with Crippen LogP contribution in [0.15, 0.2) is 38.4 Å². The van der Waals surface area contributed by atoms with Crippen LogP contribution in [-0.4, -0.2) is 31.3 Å². The Morgan fingerprint density at radius 2 is 2.09 bits per heavy atom. The van der Waals surface area contributed by atoms with Crippen LogP contribution >= 0.6 is 31.9 Å². The molecule has 0 saturated carbocycles. The lowest BCUT2D eigenvalue weighted by Gasteiger charge is -2.26. The summed E-state index contributed by atoms with van der Waals surface area (Å²) in [5, 5.41) is 5.25. The van der Waals surface area contributed by atoms with Gasteiger partial charge in [-0.3, -0.25) is 0 Å². The van der Waals surface area contributed by atoms with Gasteiger partial charge in [0.15, 0.2) is 0 Å². The summed E-state index contributed by atoms with van der Waals surface area (Å²) in [6, 6.07) is 4.64. The highest BCUT2D eigenvalue weighted by atomic mass is 79.9. The maximum atomic E-state index is 12.1. The van der Waals surface area contributed by atoms with Crippen LogP contribution in [0.4, 0.5) is 4.79 Å². The molecule has 0 aliphatic carbocycles. The molecule has 1 aromatic carbocycles. The summed E-state index contributed by atoms with van der Waals surface area (Å²) in [6.07, 6.45) is 0. The van der Waals surface area contributed by atoms with Crippen molar-refractivity contribution in [3.8, 4) is 5.75 Å². The number of carbonyl (C=O) groups excluding carboxylic acids is 2. The normalized spacial score (nSPS) is 17.4. The second kappa shape index (κ2) is 7.83. The van der Waals surface area contributed by atoms with E-state index < -0.39 is 12.0 Å². The minimum atomic E-state index is -0.471. The first kappa shape index (κ1) is 17.8. The molecule has 2 amide bonds. The van der Waals surface area contributed by atoms with Crippen molar-refractivity contribution in [2.24, 2.45) is 0 Å². The largest absolute Gasteiger partial charge is 0.486 e. The van der Waals surface area contributed by atoms with E-state index in [9.17, 15) is 9.59 Å². The first-order chi connectivity index (χ1) is 10.9. The molecule has 124 valence electrons. The van der Waals surface area contributed by atoms with Crippen molar-refractivity contribution in [1.29, 1.82) is 0 Å². The number of nitrogens with one attached hydrogen (secondary N) is 2. The van der Waals surface area contributed by atoms with Crippen molar-refractivity contribution in [2.75, 3.05) is 13.2 Å². The van der Waals surface area contributed by atoms with Gasteiger partial charge in [0.1, 0.15) is 12.4 Å². The predicted molar refractivity (Wildman–Crippen MR) is 92.1 cm³/mol. The van der Waals surface area contributed by atoms with E-state index in [0.717, 1.165) is 8.95 Å². The zero-order chi connectivity index (χ0) is 17.0. The monoisotopic (exact) mass is 446 g/mol. The number of hydrogen-bond acceptors (Lipinski definition) is 4. The fourth-order valence-corrected chi connectivity index (χ4v) is 3.30. The van der Waals surface area contributed by atoms with Gasteiger partial charge in [0.05, 0.1) is 28.4 Å². The predicted octanol–water partition coefficient (Wildman–Crippen LogP) is 3.11. The molecule has 2 rings (SSSR count). The Kier molecular flexibility index (Phi) is 6.06. The average molecular weight is 448 g/mol. The van der Waals surface area contributed by atoms with Gasteiger partial charge < -0.3 is 20.1 Å².